The zero-order valence-corrected chi connectivity index (χ0v) is 20.0. The summed E-state index contributed by atoms with van der Waals surface area (Å²) in [6.45, 7) is 7.50. The Balaban J connectivity index is 0.00000364. The number of guanidine groups is 1. The smallest absolute Gasteiger partial charge is 0.193 e. The standard InChI is InChI=1S/C19H31N3O3S.HI/c1-15(16-6-8-17(25-5)9-7-16)10-11-21-18(20-4)22-12-13-26(23,24)19(2,3)14-22;/h6-9,15H,10-14H2,1-5H3,(H,20,21);1H. The van der Waals surface area contributed by atoms with E-state index in [2.05, 4.69) is 29.4 Å². The maximum atomic E-state index is 12.2. The van der Waals surface area contributed by atoms with E-state index in [1.165, 1.54) is 5.56 Å². The molecule has 6 nitrogen and oxygen atoms in total. The van der Waals surface area contributed by atoms with E-state index in [1.54, 1.807) is 28.0 Å². The van der Waals surface area contributed by atoms with Gasteiger partial charge in [-0.2, -0.15) is 0 Å². The summed E-state index contributed by atoms with van der Waals surface area (Å²) in [4.78, 5) is 6.38. The number of methoxy groups -OCH3 is 1. The van der Waals surface area contributed by atoms with Crippen LogP contribution in [0.5, 0.6) is 5.75 Å². The lowest BCUT2D eigenvalue weighted by Crippen LogP contribution is -2.57. The van der Waals surface area contributed by atoms with Crippen LogP contribution in [0.4, 0.5) is 0 Å². The molecule has 0 aliphatic carbocycles. The summed E-state index contributed by atoms with van der Waals surface area (Å²) in [5.41, 5.74) is 1.27. The molecule has 1 saturated heterocycles. The molecular weight excluding hydrogens is 477 g/mol. The van der Waals surface area contributed by atoms with Gasteiger partial charge in [0, 0.05) is 26.7 Å². The van der Waals surface area contributed by atoms with Gasteiger partial charge in [0.05, 0.1) is 17.6 Å². The molecule has 2 rings (SSSR count). The number of benzene rings is 1. The van der Waals surface area contributed by atoms with Crippen molar-refractivity contribution < 1.29 is 13.2 Å². The van der Waals surface area contributed by atoms with Crippen LogP contribution in [-0.4, -0.2) is 63.6 Å². The lowest BCUT2D eigenvalue weighted by atomic mass is 9.98. The van der Waals surface area contributed by atoms with Gasteiger partial charge in [0.2, 0.25) is 0 Å². The average Bonchev–Trinajstić information content (AvgIpc) is 2.61. The van der Waals surface area contributed by atoms with Crippen LogP contribution in [0, 0.1) is 0 Å². The lowest BCUT2D eigenvalue weighted by Gasteiger charge is -2.39. The first-order chi connectivity index (χ1) is 12.2. The summed E-state index contributed by atoms with van der Waals surface area (Å²) in [6.07, 6.45) is 0.959. The molecule has 8 heteroatoms. The Morgan fingerprint density at radius 1 is 1.33 bits per heavy atom. The zero-order chi connectivity index (χ0) is 19.4. The van der Waals surface area contributed by atoms with Crippen molar-refractivity contribution in [1.29, 1.82) is 0 Å². The van der Waals surface area contributed by atoms with Gasteiger partial charge in [0.1, 0.15) is 5.75 Å². The second-order valence-electron chi connectivity index (χ2n) is 7.44. The van der Waals surface area contributed by atoms with Crippen molar-refractivity contribution in [3.8, 4) is 5.75 Å². The van der Waals surface area contributed by atoms with Crippen molar-refractivity contribution in [2.75, 3.05) is 39.5 Å². The first-order valence-corrected chi connectivity index (χ1v) is 10.7. The van der Waals surface area contributed by atoms with Crippen LogP contribution < -0.4 is 10.1 Å². The molecule has 0 saturated carbocycles. The van der Waals surface area contributed by atoms with Crippen LogP contribution in [0.1, 0.15) is 38.7 Å². The highest BCUT2D eigenvalue weighted by atomic mass is 127. The molecule has 1 aromatic rings. The number of hydrogen-bond acceptors (Lipinski definition) is 4. The topological polar surface area (TPSA) is 71.0 Å². The third-order valence-corrected chi connectivity index (χ3v) is 7.63. The summed E-state index contributed by atoms with van der Waals surface area (Å²) in [5.74, 6) is 2.21. The van der Waals surface area contributed by atoms with Crippen LogP contribution in [0.2, 0.25) is 0 Å². The summed E-state index contributed by atoms with van der Waals surface area (Å²) in [5, 5.41) is 3.38. The number of hydrogen-bond donors (Lipinski definition) is 1. The minimum Gasteiger partial charge on any atom is -0.497 e. The molecule has 0 radical (unpaired) electrons. The molecule has 1 aliphatic heterocycles. The van der Waals surface area contributed by atoms with Crippen LogP contribution >= 0.6 is 24.0 Å². The third kappa shape index (κ3) is 5.97. The molecular formula is C19H32IN3O3S. The normalized spacial score (nSPS) is 19.7. The van der Waals surface area contributed by atoms with Gasteiger partial charge in [-0.3, -0.25) is 4.99 Å². The zero-order valence-electron chi connectivity index (χ0n) is 16.9. The molecule has 0 spiro atoms. The van der Waals surface area contributed by atoms with Gasteiger partial charge in [0.25, 0.3) is 0 Å². The quantitative estimate of drug-likeness (QED) is 0.376. The Hall–Kier alpha value is -1.03. The minimum absolute atomic E-state index is 0. The van der Waals surface area contributed by atoms with Gasteiger partial charge in [-0.25, -0.2) is 8.42 Å². The molecule has 27 heavy (non-hydrogen) atoms. The average molecular weight is 509 g/mol. The highest BCUT2D eigenvalue weighted by Crippen LogP contribution is 2.24. The second-order valence-corrected chi connectivity index (χ2v) is 10.2. The number of sulfone groups is 1. The van der Waals surface area contributed by atoms with Crippen molar-refractivity contribution in [2.45, 2.75) is 37.9 Å². The highest BCUT2D eigenvalue weighted by Gasteiger charge is 2.40. The van der Waals surface area contributed by atoms with E-state index in [9.17, 15) is 8.42 Å². The Labute approximate surface area is 180 Å². The molecule has 0 aromatic heterocycles. The molecule has 1 fully saturated rings. The number of halogens is 1. The Bertz CT molecular complexity index is 733. The van der Waals surface area contributed by atoms with Gasteiger partial charge in [-0.1, -0.05) is 19.1 Å². The molecule has 1 aliphatic rings. The lowest BCUT2D eigenvalue weighted by molar-refractivity contribution is 0.353. The minimum atomic E-state index is -3.05. The van der Waals surface area contributed by atoms with Gasteiger partial charge in [0.15, 0.2) is 15.8 Å². The predicted octanol–water partition coefficient (Wildman–Crippen LogP) is 2.89. The van der Waals surface area contributed by atoms with Crippen molar-refractivity contribution >= 4 is 39.8 Å². The second kappa shape index (κ2) is 9.95. The van der Waals surface area contributed by atoms with E-state index >= 15 is 0 Å². The summed E-state index contributed by atoms with van der Waals surface area (Å²) >= 11 is 0. The van der Waals surface area contributed by atoms with E-state index in [1.807, 2.05) is 17.0 Å². The monoisotopic (exact) mass is 509 g/mol. The SMILES string of the molecule is CN=C(NCCC(C)c1ccc(OC)cc1)N1CCS(=O)(=O)C(C)(C)C1.I. The first-order valence-electron chi connectivity index (χ1n) is 9.02. The van der Waals surface area contributed by atoms with Gasteiger partial charge in [-0.05, 0) is 43.9 Å². The Morgan fingerprint density at radius 3 is 2.48 bits per heavy atom. The fourth-order valence-corrected chi connectivity index (χ4v) is 4.52. The van der Waals surface area contributed by atoms with E-state index in [0.29, 0.717) is 19.0 Å². The maximum Gasteiger partial charge on any atom is 0.193 e. The molecule has 1 unspecified atom stereocenters. The van der Waals surface area contributed by atoms with Crippen LogP contribution in [-0.2, 0) is 9.84 Å². The molecule has 1 aromatic carbocycles. The molecule has 154 valence electrons. The van der Waals surface area contributed by atoms with Gasteiger partial charge < -0.3 is 15.0 Å². The van der Waals surface area contributed by atoms with Crippen LogP contribution in [0.25, 0.3) is 0 Å². The van der Waals surface area contributed by atoms with Crippen LogP contribution in [0.15, 0.2) is 29.3 Å². The van der Waals surface area contributed by atoms with Crippen molar-refractivity contribution in [3.63, 3.8) is 0 Å². The molecule has 1 N–H and O–H groups in total. The summed E-state index contributed by atoms with van der Waals surface area (Å²) in [6, 6.07) is 8.15. The number of rotatable bonds is 5. The fraction of sp³-hybridized carbons (Fsp3) is 0.632. The van der Waals surface area contributed by atoms with Crippen molar-refractivity contribution in [3.05, 3.63) is 29.8 Å². The van der Waals surface area contributed by atoms with Crippen molar-refractivity contribution in [1.82, 2.24) is 10.2 Å². The van der Waals surface area contributed by atoms with Gasteiger partial charge >= 0.3 is 0 Å². The Kier molecular flexibility index (Phi) is 8.85. The van der Waals surface area contributed by atoms with Crippen molar-refractivity contribution in [2.24, 2.45) is 4.99 Å². The molecule has 0 amide bonds. The number of aliphatic imine (C=N–C) groups is 1. The van der Waals surface area contributed by atoms with Crippen LogP contribution in [0.3, 0.4) is 0 Å². The van der Waals surface area contributed by atoms with E-state index in [0.717, 1.165) is 24.7 Å². The predicted molar refractivity (Wildman–Crippen MR) is 122 cm³/mol. The fourth-order valence-electron chi connectivity index (χ4n) is 3.16. The molecule has 1 atom stereocenters. The number of ether oxygens (including phenoxy) is 1. The molecule has 1 heterocycles. The Morgan fingerprint density at radius 2 is 1.96 bits per heavy atom. The number of nitrogens with zero attached hydrogens (tertiary/aromatic N) is 2. The summed E-state index contributed by atoms with van der Waals surface area (Å²) < 4.78 is 28.8. The maximum absolute atomic E-state index is 12.2. The largest absolute Gasteiger partial charge is 0.497 e. The van der Waals surface area contributed by atoms with E-state index in [-0.39, 0.29) is 29.7 Å². The first kappa shape index (κ1) is 24.0. The molecule has 0 bridgehead atoms. The van der Waals surface area contributed by atoms with E-state index < -0.39 is 14.6 Å². The summed E-state index contributed by atoms with van der Waals surface area (Å²) in [7, 11) is 0.363. The van der Waals surface area contributed by atoms with E-state index in [4.69, 9.17) is 4.74 Å². The highest BCUT2D eigenvalue weighted by molar-refractivity contribution is 14.0. The van der Waals surface area contributed by atoms with Gasteiger partial charge in [-0.15, -0.1) is 24.0 Å². The third-order valence-electron chi connectivity index (χ3n) is 5.10. The number of nitrogens with one attached hydrogen (secondary N) is 1.